The SMILES string of the molecule is CCCCC[C@H]1CC[C@H](C(=O)Oc2cc(C(F)F)cs2)CC1. The van der Waals surface area contributed by atoms with E-state index in [4.69, 9.17) is 4.74 Å². The van der Waals surface area contributed by atoms with Crippen LogP contribution in [0.2, 0.25) is 0 Å². The second-order valence-electron chi connectivity index (χ2n) is 6.13. The molecule has 0 aliphatic heterocycles. The maximum atomic E-state index is 12.5. The van der Waals surface area contributed by atoms with Crippen molar-refractivity contribution in [2.24, 2.45) is 11.8 Å². The van der Waals surface area contributed by atoms with Gasteiger partial charge in [-0.05, 0) is 31.6 Å². The van der Waals surface area contributed by atoms with Gasteiger partial charge in [0.25, 0.3) is 6.43 Å². The van der Waals surface area contributed by atoms with Crippen molar-refractivity contribution in [3.8, 4) is 5.06 Å². The molecule has 5 heteroatoms. The fraction of sp³-hybridized carbons (Fsp3) is 0.706. The van der Waals surface area contributed by atoms with Gasteiger partial charge in [0.1, 0.15) is 0 Å². The van der Waals surface area contributed by atoms with Crippen LogP contribution in [0.15, 0.2) is 11.4 Å². The number of ether oxygens (including phenoxy) is 1. The number of carbonyl (C=O) groups excluding carboxylic acids is 1. The summed E-state index contributed by atoms with van der Waals surface area (Å²) in [7, 11) is 0. The van der Waals surface area contributed by atoms with Crippen molar-refractivity contribution in [2.45, 2.75) is 64.7 Å². The molecule has 0 atom stereocenters. The van der Waals surface area contributed by atoms with E-state index in [0.29, 0.717) is 0 Å². The van der Waals surface area contributed by atoms with Gasteiger partial charge in [-0.3, -0.25) is 4.79 Å². The Hall–Kier alpha value is -0.970. The molecule has 0 aromatic carbocycles. The molecule has 0 spiro atoms. The molecule has 1 aromatic heterocycles. The molecule has 0 N–H and O–H groups in total. The lowest BCUT2D eigenvalue weighted by molar-refractivity contribution is -0.140. The molecule has 1 aromatic rings. The summed E-state index contributed by atoms with van der Waals surface area (Å²) in [5.41, 5.74) is -0.0765. The van der Waals surface area contributed by atoms with Crippen LogP contribution in [0.4, 0.5) is 8.78 Å². The lowest BCUT2D eigenvalue weighted by Gasteiger charge is -2.27. The van der Waals surface area contributed by atoms with Gasteiger partial charge in [-0.2, -0.15) is 0 Å². The molecule has 0 bridgehead atoms. The molecule has 1 fully saturated rings. The highest BCUT2D eigenvalue weighted by Gasteiger charge is 2.28. The molecule has 0 radical (unpaired) electrons. The van der Waals surface area contributed by atoms with E-state index in [1.165, 1.54) is 37.1 Å². The first-order valence-electron chi connectivity index (χ1n) is 8.18. The second-order valence-corrected chi connectivity index (χ2v) is 7.01. The minimum atomic E-state index is -2.51. The standard InChI is InChI=1S/C17H24F2O2S/c1-2-3-4-5-12-6-8-13(9-7-12)17(20)21-15-10-14(11-22-15)16(18)19/h10-13,16H,2-9H2,1H3/t12-,13-. The highest BCUT2D eigenvalue weighted by molar-refractivity contribution is 7.12. The fourth-order valence-corrected chi connectivity index (χ4v) is 3.81. The van der Waals surface area contributed by atoms with Crippen LogP contribution in [-0.4, -0.2) is 5.97 Å². The van der Waals surface area contributed by atoms with E-state index >= 15 is 0 Å². The van der Waals surface area contributed by atoms with Crippen molar-refractivity contribution in [1.29, 1.82) is 0 Å². The zero-order valence-corrected chi connectivity index (χ0v) is 13.8. The van der Waals surface area contributed by atoms with Crippen LogP contribution in [0.5, 0.6) is 5.06 Å². The molecule has 1 aliphatic rings. The van der Waals surface area contributed by atoms with Crippen molar-refractivity contribution in [3.05, 3.63) is 17.0 Å². The Labute approximate surface area is 134 Å². The second kappa shape index (κ2) is 8.61. The van der Waals surface area contributed by atoms with Gasteiger partial charge in [0.05, 0.1) is 5.92 Å². The van der Waals surface area contributed by atoms with Crippen LogP contribution in [0.3, 0.4) is 0 Å². The van der Waals surface area contributed by atoms with Crippen molar-refractivity contribution in [2.75, 3.05) is 0 Å². The largest absolute Gasteiger partial charge is 0.415 e. The van der Waals surface area contributed by atoms with Gasteiger partial charge in [-0.1, -0.05) is 32.6 Å². The highest BCUT2D eigenvalue weighted by Crippen LogP contribution is 2.34. The predicted molar refractivity (Wildman–Crippen MR) is 84.5 cm³/mol. The monoisotopic (exact) mass is 330 g/mol. The minimum absolute atomic E-state index is 0.0699. The summed E-state index contributed by atoms with van der Waals surface area (Å²) < 4.78 is 30.3. The normalized spacial score (nSPS) is 22.0. The zero-order chi connectivity index (χ0) is 15.9. The zero-order valence-electron chi connectivity index (χ0n) is 13.0. The summed E-state index contributed by atoms with van der Waals surface area (Å²) in [5, 5.41) is 1.63. The van der Waals surface area contributed by atoms with Crippen LogP contribution in [0.25, 0.3) is 0 Å². The molecule has 2 rings (SSSR count). The number of rotatable bonds is 7. The Morgan fingerprint density at radius 2 is 2.05 bits per heavy atom. The van der Waals surface area contributed by atoms with E-state index < -0.39 is 6.43 Å². The highest BCUT2D eigenvalue weighted by atomic mass is 32.1. The van der Waals surface area contributed by atoms with Gasteiger partial charge in [0.15, 0.2) is 5.06 Å². The number of hydrogen-bond acceptors (Lipinski definition) is 3. The molecule has 1 aliphatic carbocycles. The molecule has 1 saturated carbocycles. The van der Waals surface area contributed by atoms with E-state index in [1.54, 1.807) is 0 Å². The summed E-state index contributed by atoms with van der Waals surface area (Å²) in [4.78, 5) is 12.1. The smallest absolute Gasteiger partial charge is 0.315 e. The Bertz CT molecular complexity index is 465. The van der Waals surface area contributed by atoms with Gasteiger partial charge < -0.3 is 4.74 Å². The molecule has 0 amide bonds. The van der Waals surface area contributed by atoms with E-state index in [-0.39, 0.29) is 22.5 Å². The average Bonchev–Trinajstić information content (AvgIpc) is 2.97. The summed E-state index contributed by atoms with van der Waals surface area (Å²) in [6.07, 6.45) is 6.44. The Morgan fingerprint density at radius 3 is 2.64 bits per heavy atom. The van der Waals surface area contributed by atoms with Gasteiger partial charge in [-0.25, -0.2) is 8.78 Å². The number of thiophene rings is 1. The predicted octanol–water partition coefficient (Wildman–Crippen LogP) is 5.98. The van der Waals surface area contributed by atoms with E-state index in [2.05, 4.69) is 6.92 Å². The lowest BCUT2D eigenvalue weighted by Crippen LogP contribution is -2.25. The number of alkyl halides is 2. The maximum Gasteiger partial charge on any atom is 0.315 e. The topological polar surface area (TPSA) is 26.3 Å². The molecular weight excluding hydrogens is 306 g/mol. The van der Waals surface area contributed by atoms with Crippen molar-refractivity contribution >= 4 is 17.3 Å². The van der Waals surface area contributed by atoms with Crippen LogP contribution in [0, 0.1) is 11.8 Å². The molecule has 124 valence electrons. The number of carbonyl (C=O) groups is 1. The van der Waals surface area contributed by atoms with Crippen molar-refractivity contribution in [1.82, 2.24) is 0 Å². The van der Waals surface area contributed by atoms with Crippen molar-refractivity contribution in [3.63, 3.8) is 0 Å². The summed E-state index contributed by atoms with van der Waals surface area (Å²) in [6.45, 7) is 2.21. The summed E-state index contributed by atoms with van der Waals surface area (Å²) >= 11 is 1.06. The summed E-state index contributed by atoms with van der Waals surface area (Å²) in [5.74, 6) is 0.414. The maximum absolute atomic E-state index is 12.5. The molecule has 1 heterocycles. The number of hydrogen-bond donors (Lipinski definition) is 0. The molecule has 0 saturated heterocycles. The van der Waals surface area contributed by atoms with Crippen LogP contribution < -0.4 is 4.74 Å². The van der Waals surface area contributed by atoms with Crippen molar-refractivity contribution < 1.29 is 18.3 Å². The first-order valence-corrected chi connectivity index (χ1v) is 9.06. The first-order chi connectivity index (χ1) is 10.6. The van der Waals surface area contributed by atoms with Crippen LogP contribution in [0.1, 0.15) is 70.3 Å². The third kappa shape index (κ3) is 5.04. The Balaban J connectivity index is 1.74. The fourth-order valence-electron chi connectivity index (χ4n) is 3.05. The molecule has 22 heavy (non-hydrogen) atoms. The molecular formula is C17H24F2O2S. The number of esters is 1. The average molecular weight is 330 g/mol. The number of unbranched alkanes of at least 4 members (excludes halogenated alkanes) is 2. The van der Waals surface area contributed by atoms with E-state index in [9.17, 15) is 13.6 Å². The van der Waals surface area contributed by atoms with Gasteiger partial charge in [0.2, 0.25) is 0 Å². The Kier molecular flexibility index (Phi) is 6.80. The van der Waals surface area contributed by atoms with Crippen LogP contribution in [-0.2, 0) is 4.79 Å². The summed E-state index contributed by atoms with van der Waals surface area (Å²) in [6, 6.07) is 1.27. The van der Waals surface area contributed by atoms with Gasteiger partial charge in [0, 0.05) is 17.0 Å². The lowest BCUT2D eigenvalue weighted by atomic mass is 9.80. The molecule has 0 unspecified atom stereocenters. The third-order valence-electron chi connectivity index (χ3n) is 4.44. The van der Waals surface area contributed by atoms with Gasteiger partial charge in [-0.15, -0.1) is 11.3 Å². The Morgan fingerprint density at radius 1 is 1.32 bits per heavy atom. The molecule has 2 nitrogen and oxygen atoms in total. The number of halogens is 2. The van der Waals surface area contributed by atoms with Gasteiger partial charge >= 0.3 is 5.97 Å². The van der Waals surface area contributed by atoms with Crippen LogP contribution >= 0.6 is 11.3 Å². The van der Waals surface area contributed by atoms with E-state index in [1.807, 2.05) is 0 Å². The minimum Gasteiger partial charge on any atom is -0.415 e. The van der Waals surface area contributed by atoms with E-state index in [0.717, 1.165) is 42.9 Å². The third-order valence-corrected chi connectivity index (χ3v) is 5.27. The quantitative estimate of drug-likeness (QED) is 0.454. The first kappa shape index (κ1) is 17.4.